The minimum absolute atomic E-state index is 0.272. The van der Waals surface area contributed by atoms with E-state index in [0.29, 0.717) is 24.5 Å². The number of para-hydroxylation sites is 1. The van der Waals surface area contributed by atoms with Gasteiger partial charge < -0.3 is 9.88 Å². The largest absolute Gasteiger partial charge is 0.419 e. The summed E-state index contributed by atoms with van der Waals surface area (Å²) < 4.78 is 41.3. The molecule has 0 amide bonds. The zero-order chi connectivity index (χ0) is 26.2. The van der Waals surface area contributed by atoms with E-state index < -0.39 is 11.7 Å². The van der Waals surface area contributed by atoms with Gasteiger partial charge in [0.2, 0.25) is 5.95 Å². The number of rotatable bonds is 1. The van der Waals surface area contributed by atoms with Gasteiger partial charge in [0, 0.05) is 54.6 Å². The van der Waals surface area contributed by atoms with E-state index in [1.807, 2.05) is 23.2 Å². The zero-order valence-electron chi connectivity index (χ0n) is 20.4. The molecule has 0 atom stereocenters. The molecule has 0 saturated heterocycles. The van der Waals surface area contributed by atoms with Crippen molar-refractivity contribution < 1.29 is 13.2 Å². The van der Waals surface area contributed by atoms with Crippen LogP contribution in [0.1, 0.15) is 33.5 Å². The Morgan fingerprint density at radius 2 is 1.82 bits per heavy atom. The Hall–Kier alpha value is -3.85. The van der Waals surface area contributed by atoms with Gasteiger partial charge in [-0.1, -0.05) is 29.8 Å². The number of fused-ring (bicyclic) bond motifs is 9. The standard InChI is InChI=1S/C28H22ClF3N6/c1-15-3-2-4-16-5-6-17-11-21(29)24-19(7-9-33-24)23(17)26-20-14-37(10-8-22(20)36-38(26)25(15)16)27-34-12-18(13-35-27)28(30,31)32/h2-4,7,9,11-13,33H,5-6,8,10,14H2,1H3. The van der Waals surface area contributed by atoms with Crippen LogP contribution in [0.4, 0.5) is 19.1 Å². The third kappa shape index (κ3) is 3.52. The first-order valence-electron chi connectivity index (χ1n) is 12.4. The number of aryl methyl sites for hydroxylation is 3. The number of aromatic amines is 1. The maximum absolute atomic E-state index is 13.1. The van der Waals surface area contributed by atoms with Gasteiger partial charge in [-0.25, -0.2) is 14.6 Å². The maximum atomic E-state index is 13.1. The summed E-state index contributed by atoms with van der Waals surface area (Å²) in [6, 6.07) is 10.4. The highest BCUT2D eigenvalue weighted by Crippen LogP contribution is 2.43. The Morgan fingerprint density at radius 3 is 2.61 bits per heavy atom. The van der Waals surface area contributed by atoms with Crippen LogP contribution in [0.3, 0.4) is 0 Å². The lowest BCUT2D eigenvalue weighted by molar-refractivity contribution is -0.138. The van der Waals surface area contributed by atoms with Gasteiger partial charge in [-0.2, -0.15) is 18.3 Å². The molecule has 1 N–H and O–H groups in total. The topological polar surface area (TPSA) is 62.6 Å². The van der Waals surface area contributed by atoms with Crippen molar-refractivity contribution in [1.29, 1.82) is 0 Å². The number of anilines is 1. The third-order valence-electron chi connectivity index (χ3n) is 7.59. The van der Waals surface area contributed by atoms with Crippen LogP contribution in [0.5, 0.6) is 0 Å². The molecule has 5 heterocycles. The molecule has 192 valence electrons. The van der Waals surface area contributed by atoms with E-state index in [0.717, 1.165) is 75.5 Å². The van der Waals surface area contributed by atoms with Gasteiger partial charge in [0.25, 0.3) is 0 Å². The minimum atomic E-state index is -4.48. The van der Waals surface area contributed by atoms with Gasteiger partial charge in [-0.3, -0.25) is 0 Å². The van der Waals surface area contributed by atoms with E-state index in [1.165, 1.54) is 5.56 Å². The van der Waals surface area contributed by atoms with E-state index in [1.54, 1.807) is 0 Å². The predicted molar refractivity (Wildman–Crippen MR) is 140 cm³/mol. The molecule has 2 aliphatic heterocycles. The number of halogens is 4. The summed E-state index contributed by atoms with van der Waals surface area (Å²) >= 11 is 6.69. The van der Waals surface area contributed by atoms with E-state index in [4.69, 9.17) is 16.7 Å². The number of hydrogen-bond acceptors (Lipinski definition) is 4. The van der Waals surface area contributed by atoms with Crippen LogP contribution in [0.15, 0.2) is 48.9 Å². The monoisotopic (exact) mass is 534 g/mol. The number of alkyl halides is 3. The summed E-state index contributed by atoms with van der Waals surface area (Å²) in [4.78, 5) is 13.3. The fourth-order valence-corrected chi connectivity index (χ4v) is 6.10. The second-order valence-electron chi connectivity index (χ2n) is 9.87. The normalized spacial score (nSPS) is 14.9. The van der Waals surface area contributed by atoms with Crippen molar-refractivity contribution in [3.05, 3.63) is 87.5 Å². The smallest absolute Gasteiger partial charge is 0.360 e. The highest BCUT2D eigenvalue weighted by molar-refractivity contribution is 6.35. The highest BCUT2D eigenvalue weighted by atomic mass is 35.5. The average molecular weight is 535 g/mol. The first-order chi connectivity index (χ1) is 18.3. The second kappa shape index (κ2) is 8.33. The molecule has 5 aromatic rings. The third-order valence-corrected chi connectivity index (χ3v) is 7.89. The van der Waals surface area contributed by atoms with Gasteiger partial charge in [-0.15, -0.1) is 0 Å². The summed E-state index contributed by atoms with van der Waals surface area (Å²) in [5.41, 5.74) is 8.66. The van der Waals surface area contributed by atoms with E-state index in [-0.39, 0.29) is 5.95 Å². The molecule has 7 rings (SSSR count). The van der Waals surface area contributed by atoms with Crippen LogP contribution >= 0.6 is 11.6 Å². The quantitative estimate of drug-likeness (QED) is 0.268. The van der Waals surface area contributed by atoms with Crippen molar-refractivity contribution in [1.82, 2.24) is 24.7 Å². The van der Waals surface area contributed by atoms with Crippen LogP contribution < -0.4 is 4.90 Å². The fraction of sp³-hybridized carbons (Fsp3) is 0.250. The number of hydrogen-bond donors (Lipinski definition) is 1. The molecule has 38 heavy (non-hydrogen) atoms. The Balaban J connectivity index is 1.44. The summed E-state index contributed by atoms with van der Waals surface area (Å²) in [5, 5.41) is 6.84. The van der Waals surface area contributed by atoms with Crippen molar-refractivity contribution in [3.63, 3.8) is 0 Å². The Labute approximate surface area is 221 Å². The fourth-order valence-electron chi connectivity index (χ4n) is 5.81. The number of aromatic nitrogens is 5. The summed E-state index contributed by atoms with van der Waals surface area (Å²) in [6.45, 7) is 3.09. The molecular weight excluding hydrogens is 513 g/mol. The predicted octanol–water partition coefficient (Wildman–Crippen LogP) is 6.45. The zero-order valence-corrected chi connectivity index (χ0v) is 21.2. The Morgan fingerprint density at radius 1 is 1.03 bits per heavy atom. The molecule has 3 aromatic heterocycles. The molecule has 0 aliphatic carbocycles. The molecular formula is C28H22ClF3N6. The molecule has 0 unspecified atom stereocenters. The Bertz CT molecular complexity index is 1720. The van der Waals surface area contributed by atoms with Crippen molar-refractivity contribution in [3.8, 4) is 16.9 Å². The molecule has 0 spiro atoms. The molecule has 0 saturated carbocycles. The van der Waals surface area contributed by atoms with Crippen molar-refractivity contribution in [2.75, 3.05) is 11.4 Å². The van der Waals surface area contributed by atoms with Crippen molar-refractivity contribution >= 4 is 28.5 Å². The number of nitrogens with one attached hydrogen (secondary N) is 1. The van der Waals surface area contributed by atoms with Gasteiger partial charge in [0.05, 0.1) is 33.2 Å². The van der Waals surface area contributed by atoms with Crippen LogP contribution in [0, 0.1) is 6.92 Å². The SMILES string of the molecule is Cc1cccc2c1-n1nc3c(c1-c1c(cc(Cl)c4[nH]ccc14)CC2)CN(c1ncc(C(F)(F)F)cn1)CC3. The molecule has 0 bridgehead atoms. The molecule has 6 nitrogen and oxygen atoms in total. The van der Waals surface area contributed by atoms with Gasteiger partial charge in [-0.05, 0) is 48.6 Å². The second-order valence-corrected chi connectivity index (χ2v) is 10.3. The van der Waals surface area contributed by atoms with E-state index in [9.17, 15) is 13.2 Å². The van der Waals surface area contributed by atoms with Crippen molar-refractivity contribution in [2.45, 2.75) is 38.9 Å². The highest BCUT2D eigenvalue weighted by Gasteiger charge is 2.34. The number of nitrogens with zero attached hydrogens (tertiary/aromatic N) is 5. The molecule has 2 aromatic carbocycles. The van der Waals surface area contributed by atoms with E-state index in [2.05, 4.69) is 44.8 Å². The first-order valence-corrected chi connectivity index (χ1v) is 12.8. The Kier molecular flexibility index (Phi) is 5.10. The summed E-state index contributed by atoms with van der Waals surface area (Å²) in [6.07, 6.45) is 1.41. The van der Waals surface area contributed by atoms with Gasteiger partial charge in [0.15, 0.2) is 0 Å². The van der Waals surface area contributed by atoms with Crippen LogP contribution in [-0.2, 0) is 32.0 Å². The summed E-state index contributed by atoms with van der Waals surface area (Å²) in [7, 11) is 0. The van der Waals surface area contributed by atoms with Gasteiger partial charge in [0.1, 0.15) is 0 Å². The maximum Gasteiger partial charge on any atom is 0.419 e. The van der Waals surface area contributed by atoms with Crippen LogP contribution in [-0.4, -0.2) is 31.3 Å². The molecule has 2 aliphatic rings. The minimum Gasteiger partial charge on any atom is -0.360 e. The van der Waals surface area contributed by atoms with Crippen molar-refractivity contribution in [2.24, 2.45) is 0 Å². The summed E-state index contributed by atoms with van der Waals surface area (Å²) in [5.74, 6) is 0.272. The number of benzene rings is 2. The lowest BCUT2D eigenvalue weighted by Crippen LogP contribution is -2.31. The average Bonchev–Trinajstić information content (AvgIpc) is 3.51. The molecule has 0 fully saturated rings. The van der Waals surface area contributed by atoms with E-state index >= 15 is 0 Å². The lowest BCUT2D eigenvalue weighted by atomic mass is 9.89. The van der Waals surface area contributed by atoms with Gasteiger partial charge >= 0.3 is 6.18 Å². The molecule has 10 heteroatoms. The van der Waals surface area contributed by atoms with Crippen LogP contribution in [0.25, 0.3) is 27.8 Å². The lowest BCUT2D eigenvalue weighted by Gasteiger charge is -2.28. The van der Waals surface area contributed by atoms with Crippen LogP contribution in [0.2, 0.25) is 5.02 Å². The number of H-pyrrole nitrogens is 1. The molecule has 0 radical (unpaired) electrons. The first kappa shape index (κ1) is 23.3.